The zero-order valence-electron chi connectivity index (χ0n) is 11.3. The summed E-state index contributed by atoms with van der Waals surface area (Å²) in [6, 6.07) is 3.99. The van der Waals surface area contributed by atoms with Gasteiger partial charge in [-0.3, -0.25) is 0 Å². The second kappa shape index (κ2) is 7.21. The number of nitrogens with one attached hydrogen (secondary N) is 1. The van der Waals surface area contributed by atoms with E-state index in [1.807, 2.05) is 24.6 Å². The molecule has 19 heavy (non-hydrogen) atoms. The van der Waals surface area contributed by atoms with Crippen LogP contribution < -0.4 is 10.1 Å². The van der Waals surface area contributed by atoms with E-state index in [1.165, 1.54) is 10.4 Å². The van der Waals surface area contributed by atoms with Crippen LogP contribution in [0.25, 0.3) is 0 Å². The van der Waals surface area contributed by atoms with Gasteiger partial charge >= 0.3 is 0 Å². The Morgan fingerprint density at radius 1 is 1.37 bits per heavy atom. The first-order valence-corrected chi connectivity index (χ1v) is 7.35. The summed E-state index contributed by atoms with van der Waals surface area (Å²) in [6.07, 6.45) is 2.68. The number of pyridine rings is 1. The van der Waals surface area contributed by atoms with Gasteiger partial charge in [0.2, 0.25) is 5.88 Å². The Kier molecular flexibility index (Phi) is 5.30. The van der Waals surface area contributed by atoms with Crippen LogP contribution in [0.2, 0.25) is 0 Å². The second-order valence-electron chi connectivity index (χ2n) is 4.24. The van der Waals surface area contributed by atoms with Gasteiger partial charge in [0.1, 0.15) is 0 Å². The molecule has 0 bridgehead atoms. The van der Waals surface area contributed by atoms with Gasteiger partial charge in [0.25, 0.3) is 0 Å². The van der Waals surface area contributed by atoms with E-state index in [-0.39, 0.29) is 0 Å². The fourth-order valence-corrected chi connectivity index (χ4v) is 2.49. The first kappa shape index (κ1) is 14.0. The normalized spacial score (nSPS) is 10.6. The predicted molar refractivity (Wildman–Crippen MR) is 77.7 cm³/mol. The fourth-order valence-electron chi connectivity index (χ4n) is 1.72. The van der Waals surface area contributed by atoms with Gasteiger partial charge in [-0.1, -0.05) is 6.92 Å². The Labute approximate surface area is 117 Å². The highest BCUT2D eigenvalue weighted by Gasteiger charge is 2.03. The average Bonchev–Trinajstić information content (AvgIpc) is 2.83. The molecule has 0 aliphatic heterocycles. The van der Waals surface area contributed by atoms with Gasteiger partial charge in [-0.25, -0.2) is 9.97 Å². The topological polar surface area (TPSA) is 47.0 Å². The van der Waals surface area contributed by atoms with Crippen molar-refractivity contribution in [3.8, 4) is 5.88 Å². The molecular weight excluding hydrogens is 258 g/mol. The third kappa shape index (κ3) is 4.29. The first-order valence-electron chi connectivity index (χ1n) is 6.47. The average molecular weight is 277 g/mol. The molecule has 0 fully saturated rings. The maximum Gasteiger partial charge on any atom is 0.213 e. The zero-order valence-corrected chi connectivity index (χ0v) is 12.2. The van der Waals surface area contributed by atoms with Crippen molar-refractivity contribution in [1.82, 2.24) is 15.3 Å². The monoisotopic (exact) mass is 277 g/mol. The molecule has 2 aromatic rings. The van der Waals surface area contributed by atoms with Gasteiger partial charge in [-0.15, -0.1) is 11.3 Å². The molecule has 0 unspecified atom stereocenters. The first-order chi connectivity index (χ1) is 9.29. The van der Waals surface area contributed by atoms with Crippen LogP contribution in [0.1, 0.15) is 23.1 Å². The minimum atomic E-state index is 0.640. The summed E-state index contributed by atoms with van der Waals surface area (Å²) in [5, 5.41) is 3.29. The van der Waals surface area contributed by atoms with Crippen molar-refractivity contribution in [3.05, 3.63) is 40.0 Å². The molecule has 0 aliphatic rings. The summed E-state index contributed by atoms with van der Waals surface area (Å²) in [4.78, 5) is 9.74. The molecule has 4 nitrogen and oxygen atoms in total. The molecule has 2 heterocycles. The van der Waals surface area contributed by atoms with Gasteiger partial charge in [0, 0.05) is 30.1 Å². The highest BCUT2D eigenvalue weighted by atomic mass is 32.1. The Bertz CT molecular complexity index is 513. The minimum Gasteiger partial charge on any atom is -0.477 e. The maximum atomic E-state index is 5.69. The Balaban J connectivity index is 1.84. The molecule has 0 amide bonds. The van der Waals surface area contributed by atoms with E-state index in [2.05, 4.69) is 22.2 Å². The van der Waals surface area contributed by atoms with Crippen LogP contribution in [0.3, 0.4) is 0 Å². The second-order valence-corrected chi connectivity index (χ2v) is 5.18. The van der Waals surface area contributed by atoms with E-state index in [1.54, 1.807) is 17.5 Å². The fraction of sp³-hybridized carbons (Fsp3) is 0.429. The molecule has 2 aromatic heterocycles. The Morgan fingerprint density at radius 3 is 3.00 bits per heavy atom. The molecule has 1 N–H and O–H groups in total. The van der Waals surface area contributed by atoms with E-state index in [9.17, 15) is 0 Å². The van der Waals surface area contributed by atoms with Crippen molar-refractivity contribution in [1.29, 1.82) is 0 Å². The summed E-state index contributed by atoms with van der Waals surface area (Å²) in [7, 11) is 0. The molecule has 0 radical (unpaired) electrons. The highest BCUT2D eigenvalue weighted by Crippen LogP contribution is 2.14. The quantitative estimate of drug-likeness (QED) is 0.845. The number of nitrogens with zero attached hydrogens (tertiary/aromatic N) is 2. The van der Waals surface area contributed by atoms with Crippen molar-refractivity contribution in [2.24, 2.45) is 0 Å². The van der Waals surface area contributed by atoms with E-state index in [0.717, 1.165) is 25.2 Å². The number of hydrogen-bond acceptors (Lipinski definition) is 5. The van der Waals surface area contributed by atoms with Crippen LogP contribution in [0.15, 0.2) is 23.8 Å². The van der Waals surface area contributed by atoms with Crippen LogP contribution in [0, 0.1) is 6.92 Å². The molecule has 102 valence electrons. The SMILES string of the molecule is CCNCc1ccnc(OCCc2scnc2C)c1. The van der Waals surface area contributed by atoms with Gasteiger partial charge in [-0.05, 0) is 25.1 Å². The summed E-state index contributed by atoms with van der Waals surface area (Å²) < 4.78 is 5.69. The van der Waals surface area contributed by atoms with E-state index < -0.39 is 0 Å². The molecule has 0 spiro atoms. The van der Waals surface area contributed by atoms with Crippen LogP contribution in [-0.4, -0.2) is 23.1 Å². The molecular formula is C14H19N3OS. The molecule has 5 heteroatoms. The van der Waals surface area contributed by atoms with Gasteiger partial charge < -0.3 is 10.1 Å². The Hall–Kier alpha value is -1.46. The Morgan fingerprint density at radius 2 is 2.26 bits per heavy atom. The van der Waals surface area contributed by atoms with E-state index >= 15 is 0 Å². The number of aryl methyl sites for hydroxylation is 1. The number of hydrogen-bond donors (Lipinski definition) is 1. The molecule has 0 aliphatic carbocycles. The van der Waals surface area contributed by atoms with Crippen LogP contribution >= 0.6 is 11.3 Å². The summed E-state index contributed by atoms with van der Waals surface area (Å²) in [5.41, 5.74) is 4.17. The maximum absolute atomic E-state index is 5.69. The third-order valence-corrected chi connectivity index (χ3v) is 3.80. The van der Waals surface area contributed by atoms with Crippen molar-refractivity contribution >= 4 is 11.3 Å². The van der Waals surface area contributed by atoms with Crippen molar-refractivity contribution in [3.63, 3.8) is 0 Å². The summed E-state index contributed by atoms with van der Waals surface area (Å²) >= 11 is 1.68. The standard InChI is InChI=1S/C14H19N3OS/c1-3-15-9-12-4-6-16-14(8-12)18-7-5-13-11(2)17-10-19-13/h4,6,8,10,15H,3,5,7,9H2,1-2H3. The number of aromatic nitrogens is 2. The highest BCUT2D eigenvalue weighted by molar-refractivity contribution is 7.09. The lowest BCUT2D eigenvalue weighted by Crippen LogP contribution is -2.12. The van der Waals surface area contributed by atoms with Crippen molar-refractivity contribution in [2.75, 3.05) is 13.2 Å². The van der Waals surface area contributed by atoms with Crippen molar-refractivity contribution in [2.45, 2.75) is 26.8 Å². The van der Waals surface area contributed by atoms with Crippen LogP contribution in [-0.2, 0) is 13.0 Å². The van der Waals surface area contributed by atoms with Crippen molar-refractivity contribution < 1.29 is 4.74 Å². The predicted octanol–water partition coefficient (Wildman–Crippen LogP) is 2.58. The van der Waals surface area contributed by atoms with Crippen LogP contribution in [0.4, 0.5) is 0 Å². The smallest absolute Gasteiger partial charge is 0.213 e. The number of ether oxygens (including phenoxy) is 1. The van der Waals surface area contributed by atoms with E-state index in [0.29, 0.717) is 12.5 Å². The number of thiazole rings is 1. The minimum absolute atomic E-state index is 0.640. The lowest BCUT2D eigenvalue weighted by Gasteiger charge is -2.07. The zero-order chi connectivity index (χ0) is 13.5. The van der Waals surface area contributed by atoms with Crippen LogP contribution in [0.5, 0.6) is 5.88 Å². The lowest BCUT2D eigenvalue weighted by molar-refractivity contribution is 0.310. The molecule has 0 saturated carbocycles. The lowest BCUT2D eigenvalue weighted by atomic mass is 10.2. The molecule has 0 saturated heterocycles. The van der Waals surface area contributed by atoms with Gasteiger partial charge in [0.05, 0.1) is 17.8 Å². The summed E-state index contributed by atoms with van der Waals surface area (Å²) in [5.74, 6) is 0.692. The summed E-state index contributed by atoms with van der Waals surface area (Å²) in [6.45, 7) is 6.57. The largest absolute Gasteiger partial charge is 0.477 e. The molecule has 0 aromatic carbocycles. The van der Waals surface area contributed by atoms with Gasteiger partial charge in [-0.2, -0.15) is 0 Å². The van der Waals surface area contributed by atoms with Gasteiger partial charge in [0.15, 0.2) is 0 Å². The number of rotatable bonds is 7. The molecule has 2 rings (SSSR count). The van der Waals surface area contributed by atoms with E-state index in [4.69, 9.17) is 4.74 Å². The molecule has 0 atom stereocenters. The third-order valence-electron chi connectivity index (χ3n) is 2.80.